The molecule has 0 saturated heterocycles. The number of aromatic nitrogens is 2. The summed E-state index contributed by atoms with van der Waals surface area (Å²) in [6.07, 6.45) is 0. The summed E-state index contributed by atoms with van der Waals surface area (Å²) in [7, 11) is 0. The summed E-state index contributed by atoms with van der Waals surface area (Å²) >= 11 is 8.02. The van der Waals surface area contributed by atoms with Gasteiger partial charge in [0.05, 0.1) is 5.02 Å². The standard InChI is InChI=1S/C15H9ClIN3O3/c16-11-5-4-9(7-12(11)17)14(21)18-10-3-1-2-8(6-10)13-19-15(22)23-20-13/h1-7H,(H,18,21)(H,19,20,22). The van der Waals surface area contributed by atoms with Crippen LogP contribution in [0.5, 0.6) is 0 Å². The van der Waals surface area contributed by atoms with Crippen molar-refractivity contribution in [2.75, 3.05) is 5.32 Å². The monoisotopic (exact) mass is 441 g/mol. The van der Waals surface area contributed by atoms with Gasteiger partial charge in [0.1, 0.15) is 0 Å². The summed E-state index contributed by atoms with van der Waals surface area (Å²) in [5.41, 5.74) is 1.69. The lowest BCUT2D eigenvalue weighted by Crippen LogP contribution is -2.12. The zero-order chi connectivity index (χ0) is 16.4. The van der Waals surface area contributed by atoms with Gasteiger partial charge in [-0.15, -0.1) is 0 Å². The molecule has 3 rings (SSSR count). The number of hydrogen-bond donors (Lipinski definition) is 2. The first-order chi connectivity index (χ1) is 11.0. The molecule has 0 saturated carbocycles. The van der Waals surface area contributed by atoms with Crippen molar-refractivity contribution < 1.29 is 9.32 Å². The smallest absolute Gasteiger partial charge is 0.322 e. The van der Waals surface area contributed by atoms with E-state index >= 15 is 0 Å². The van der Waals surface area contributed by atoms with E-state index in [1.54, 1.807) is 42.5 Å². The summed E-state index contributed by atoms with van der Waals surface area (Å²) in [6, 6.07) is 11.9. The van der Waals surface area contributed by atoms with Crippen molar-refractivity contribution in [3.63, 3.8) is 0 Å². The highest BCUT2D eigenvalue weighted by molar-refractivity contribution is 14.1. The molecule has 0 aliphatic heterocycles. The molecule has 0 bridgehead atoms. The van der Waals surface area contributed by atoms with Crippen LogP contribution in [0.4, 0.5) is 5.69 Å². The maximum atomic E-state index is 12.3. The fourth-order valence-electron chi connectivity index (χ4n) is 1.94. The molecule has 6 nitrogen and oxygen atoms in total. The minimum absolute atomic E-state index is 0.259. The second-order valence-corrected chi connectivity index (χ2v) is 6.18. The van der Waals surface area contributed by atoms with Crippen molar-refractivity contribution in [2.24, 2.45) is 0 Å². The second kappa shape index (κ2) is 6.55. The van der Waals surface area contributed by atoms with Gasteiger partial charge in [-0.05, 0) is 52.9 Å². The van der Waals surface area contributed by atoms with Crippen LogP contribution in [0.25, 0.3) is 11.4 Å². The van der Waals surface area contributed by atoms with Gasteiger partial charge >= 0.3 is 5.76 Å². The maximum absolute atomic E-state index is 12.3. The van der Waals surface area contributed by atoms with Crippen molar-refractivity contribution in [1.29, 1.82) is 0 Å². The number of hydrogen-bond acceptors (Lipinski definition) is 4. The average Bonchev–Trinajstić information content (AvgIpc) is 2.97. The van der Waals surface area contributed by atoms with E-state index in [0.29, 0.717) is 27.7 Å². The van der Waals surface area contributed by atoms with Crippen LogP contribution in [0, 0.1) is 3.57 Å². The molecule has 1 amide bonds. The first kappa shape index (κ1) is 15.8. The second-order valence-electron chi connectivity index (χ2n) is 4.61. The number of anilines is 1. The molecule has 0 radical (unpaired) electrons. The van der Waals surface area contributed by atoms with E-state index in [4.69, 9.17) is 11.6 Å². The molecule has 23 heavy (non-hydrogen) atoms. The van der Waals surface area contributed by atoms with E-state index in [2.05, 4.69) is 42.6 Å². The summed E-state index contributed by atoms with van der Waals surface area (Å²) in [5.74, 6) is -0.595. The first-order valence-corrected chi connectivity index (χ1v) is 7.91. The lowest BCUT2D eigenvalue weighted by Gasteiger charge is -2.07. The van der Waals surface area contributed by atoms with Crippen LogP contribution in [-0.2, 0) is 0 Å². The molecular formula is C15H9ClIN3O3. The number of nitrogens with one attached hydrogen (secondary N) is 2. The van der Waals surface area contributed by atoms with Gasteiger partial charge in [-0.3, -0.25) is 14.3 Å². The van der Waals surface area contributed by atoms with E-state index in [-0.39, 0.29) is 5.91 Å². The Morgan fingerprint density at radius 2 is 2.09 bits per heavy atom. The highest BCUT2D eigenvalue weighted by Gasteiger charge is 2.10. The Morgan fingerprint density at radius 1 is 1.26 bits per heavy atom. The molecule has 0 spiro atoms. The van der Waals surface area contributed by atoms with Crippen LogP contribution in [0.1, 0.15) is 10.4 Å². The number of carbonyl (C=O) groups is 1. The van der Waals surface area contributed by atoms with Gasteiger partial charge in [0.15, 0.2) is 5.82 Å². The molecule has 0 aliphatic carbocycles. The number of rotatable bonds is 3. The van der Waals surface area contributed by atoms with E-state index < -0.39 is 5.76 Å². The van der Waals surface area contributed by atoms with E-state index in [1.165, 1.54) is 0 Å². The molecule has 0 aliphatic rings. The summed E-state index contributed by atoms with van der Waals surface area (Å²) in [5, 5.41) is 7.00. The number of aromatic amines is 1. The molecule has 1 heterocycles. The molecule has 0 atom stereocenters. The highest BCUT2D eigenvalue weighted by Crippen LogP contribution is 2.22. The summed E-state index contributed by atoms with van der Waals surface area (Å²) in [4.78, 5) is 25.7. The minimum atomic E-state index is -0.634. The third-order valence-corrected chi connectivity index (χ3v) is 4.56. The number of carbonyl (C=O) groups excluding carboxylic acids is 1. The average molecular weight is 442 g/mol. The van der Waals surface area contributed by atoms with Crippen LogP contribution in [-0.4, -0.2) is 16.0 Å². The van der Waals surface area contributed by atoms with Crippen LogP contribution in [0.2, 0.25) is 5.02 Å². The molecule has 2 N–H and O–H groups in total. The van der Waals surface area contributed by atoms with Gasteiger partial charge in [0.2, 0.25) is 0 Å². The number of halogens is 2. The van der Waals surface area contributed by atoms with E-state index in [1.807, 2.05) is 0 Å². The fraction of sp³-hybridized carbons (Fsp3) is 0. The predicted molar refractivity (Wildman–Crippen MR) is 94.7 cm³/mol. The maximum Gasteiger partial charge on any atom is 0.439 e. The van der Waals surface area contributed by atoms with Crippen molar-refractivity contribution in [3.05, 3.63) is 67.2 Å². The number of amides is 1. The Bertz CT molecular complexity index is 935. The van der Waals surface area contributed by atoms with E-state index in [9.17, 15) is 9.59 Å². The topological polar surface area (TPSA) is 88.0 Å². The quantitative estimate of drug-likeness (QED) is 0.609. The first-order valence-electron chi connectivity index (χ1n) is 6.46. The number of benzene rings is 2. The molecule has 2 aromatic carbocycles. The Labute approximate surface area is 149 Å². The van der Waals surface area contributed by atoms with Crippen LogP contribution < -0.4 is 11.1 Å². The summed E-state index contributed by atoms with van der Waals surface area (Å²) < 4.78 is 5.27. The SMILES string of the molecule is O=C(Nc1cccc(-c2noc(=O)[nH]2)c1)c1ccc(Cl)c(I)c1. The largest absolute Gasteiger partial charge is 0.439 e. The zero-order valence-corrected chi connectivity index (χ0v) is 14.4. The Morgan fingerprint density at radius 3 is 2.78 bits per heavy atom. The van der Waals surface area contributed by atoms with Gasteiger partial charge in [-0.1, -0.05) is 28.9 Å². The third-order valence-electron chi connectivity index (χ3n) is 3.02. The molecule has 8 heteroatoms. The molecular weight excluding hydrogens is 433 g/mol. The Hall–Kier alpha value is -2.13. The van der Waals surface area contributed by atoms with Crippen molar-refractivity contribution >= 4 is 45.8 Å². The van der Waals surface area contributed by atoms with Gasteiger partial charge < -0.3 is 5.32 Å². The van der Waals surface area contributed by atoms with Gasteiger partial charge in [0.25, 0.3) is 5.91 Å². The Kier molecular flexibility index (Phi) is 4.49. The molecule has 0 unspecified atom stereocenters. The van der Waals surface area contributed by atoms with Crippen LogP contribution in [0.3, 0.4) is 0 Å². The van der Waals surface area contributed by atoms with Crippen molar-refractivity contribution in [2.45, 2.75) is 0 Å². The third kappa shape index (κ3) is 3.62. The normalized spacial score (nSPS) is 10.5. The molecule has 3 aromatic rings. The Balaban J connectivity index is 1.84. The zero-order valence-electron chi connectivity index (χ0n) is 11.5. The van der Waals surface area contributed by atoms with Gasteiger partial charge in [-0.25, -0.2) is 4.79 Å². The highest BCUT2D eigenvalue weighted by atomic mass is 127. The summed E-state index contributed by atoms with van der Waals surface area (Å²) in [6.45, 7) is 0. The van der Waals surface area contributed by atoms with E-state index in [0.717, 1.165) is 3.57 Å². The fourth-order valence-corrected chi connectivity index (χ4v) is 2.57. The van der Waals surface area contributed by atoms with Crippen molar-refractivity contribution in [1.82, 2.24) is 10.1 Å². The van der Waals surface area contributed by atoms with Gasteiger partial charge in [-0.2, -0.15) is 0 Å². The lowest BCUT2D eigenvalue weighted by atomic mass is 10.1. The molecule has 116 valence electrons. The minimum Gasteiger partial charge on any atom is -0.322 e. The number of nitrogens with zero attached hydrogens (tertiary/aromatic N) is 1. The van der Waals surface area contributed by atoms with Gasteiger partial charge in [0, 0.05) is 20.4 Å². The number of H-pyrrole nitrogens is 1. The van der Waals surface area contributed by atoms with Crippen LogP contribution >= 0.6 is 34.2 Å². The van der Waals surface area contributed by atoms with Crippen molar-refractivity contribution in [3.8, 4) is 11.4 Å². The molecule has 1 aromatic heterocycles. The lowest BCUT2D eigenvalue weighted by molar-refractivity contribution is 0.102. The van der Waals surface area contributed by atoms with Crippen LogP contribution in [0.15, 0.2) is 51.8 Å². The molecule has 0 fully saturated rings. The predicted octanol–water partition coefficient (Wildman–Crippen LogP) is 3.54.